The van der Waals surface area contributed by atoms with Crippen molar-refractivity contribution in [2.45, 2.75) is 13.3 Å². The Morgan fingerprint density at radius 1 is 1.50 bits per heavy atom. The van der Waals surface area contributed by atoms with Gasteiger partial charge in [0.1, 0.15) is 5.75 Å². The van der Waals surface area contributed by atoms with Gasteiger partial charge in [0.25, 0.3) is 5.09 Å². The summed E-state index contributed by atoms with van der Waals surface area (Å²) >= 11 is 0. The Labute approximate surface area is 92.9 Å². The zero-order chi connectivity index (χ0) is 12.4. The monoisotopic (exact) mass is 229 g/mol. The van der Waals surface area contributed by atoms with Crippen LogP contribution in [-0.2, 0) is 0 Å². The molecule has 1 aromatic carbocycles. The lowest BCUT2D eigenvalue weighted by Crippen LogP contribution is -2.06. The van der Waals surface area contributed by atoms with Crippen LogP contribution in [0, 0.1) is 10.1 Å². The minimum absolute atomic E-state index is 0.759. The molecule has 0 heterocycles. The summed E-state index contributed by atoms with van der Waals surface area (Å²) < 4.78 is 5.39. The Morgan fingerprint density at radius 3 is 2.38 bits per heavy atom. The van der Waals surface area contributed by atoms with Crippen molar-refractivity contribution in [2.24, 2.45) is 5.84 Å². The third-order valence-corrected chi connectivity index (χ3v) is 1.49. The quantitative estimate of drug-likeness (QED) is 0.409. The van der Waals surface area contributed by atoms with Gasteiger partial charge in [0.05, 0.1) is 6.61 Å². The number of hydrazine groups is 1. The largest absolute Gasteiger partial charge is 0.494 e. The van der Waals surface area contributed by atoms with E-state index < -0.39 is 5.09 Å². The molecule has 16 heavy (non-hydrogen) atoms. The van der Waals surface area contributed by atoms with E-state index in [-0.39, 0.29) is 0 Å². The Hall–Kier alpha value is -2.02. The second-order valence-corrected chi connectivity index (χ2v) is 2.76. The van der Waals surface area contributed by atoms with Crippen molar-refractivity contribution in [3.63, 3.8) is 0 Å². The molecule has 0 saturated carbocycles. The first-order valence-electron chi connectivity index (χ1n) is 4.63. The molecular weight excluding hydrogens is 214 g/mol. The van der Waals surface area contributed by atoms with Gasteiger partial charge in [0.15, 0.2) is 0 Å². The molecule has 7 heteroatoms. The zero-order valence-electron chi connectivity index (χ0n) is 8.92. The summed E-state index contributed by atoms with van der Waals surface area (Å²) in [5.41, 5.74) is 3.44. The molecule has 0 amide bonds. The van der Waals surface area contributed by atoms with E-state index in [1.54, 1.807) is 0 Å². The molecule has 1 rings (SSSR count). The summed E-state index contributed by atoms with van der Waals surface area (Å²) in [6.07, 6.45) is 1.02. The van der Waals surface area contributed by atoms with E-state index in [9.17, 15) is 0 Å². The van der Waals surface area contributed by atoms with Gasteiger partial charge >= 0.3 is 0 Å². The smallest absolute Gasteiger partial charge is 0.291 e. The maximum Gasteiger partial charge on any atom is 0.291 e. The average Bonchev–Trinajstić information content (AvgIpc) is 2.26. The Balaban J connectivity index is 0.000000487. The molecule has 0 aromatic heterocycles. The third-order valence-electron chi connectivity index (χ3n) is 1.49. The topological polar surface area (TPSA) is 111 Å². The normalized spacial score (nSPS) is 8.62. The average molecular weight is 229 g/mol. The van der Waals surface area contributed by atoms with Gasteiger partial charge in [0.2, 0.25) is 0 Å². The first-order chi connectivity index (χ1) is 7.60. The predicted molar refractivity (Wildman–Crippen MR) is 58.8 cm³/mol. The zero-order valence-corrected chi connectivity index (χ0v) is 8.92. The van der Waals surface area contributed by atoms with E-state index in [4.69, 9.17) is 25.9 Å². The number of ether oxygens (including phenoxy) is 1. The van der Waals surface area contributed by atoms with Crippen molar-refractivity contribution < 1.29 is 15.0 Å². The van der Waals surface area contributed by atoms with Crippen molar-refractivity contribution in [1.82, 2.24) is 0 Å². The van der Waals surface area contributed by atoms with Crippen molar-refractivity contribution in [2.75, 3.05) is 12.0 Å². The number of anilines is 1. The fraction of sp³-hybridized carbons (Fsp3) is 0.333. The number of nitrogens with one attached hydrogen (secondary N) is 1. The van der Waals surface area contributed by atoms with Gasteiger partial charge in [-0.3, -0.25) is 5.84 Å². The maximum atomic E-state index is 8.36. The molecule has 0 bridgehead atoms. The van der Waals surface area contributed by atoms with Crippen LogP contribution in [0.4, 0.5) is 5.69 Å². The highest BCUT2D eigenvalue weighted by atomic mass is 16.9. The summed E-state index contributed by atoms with van der Waals surface area (Å²) in [5, 5.41) is 13.6. The van der Waals surface area contributed by atoms with E-state index in [0.717, 1.165) is 24.5 Å². The van der Waals surface area contributed by atoms with Gasteiger partial charge in [-0.25, -0.2) is 0 Å². The molecular formula is C9H15N3O4. The first-order valence-corrected chi connectivity index (χ1v) is 4.63. The molecule has 0 atom stereocenters. The van der Waals surface area contributed by atoms with Gasteiger partial charge < -0.3 is 15.4 Å². The number of nitrogen functional groups attached to an aromatic ring is 1. The van der Waals surface area contributed by atoms with E-state index in [0.29, 0.717) is 0 Å². The number of rotatable bonds is 4. The molecule has 0 aliphatic heterocycles. The summed E-state index contributed by atoms with van der Waals surface area (Å²) in [6.45, 7) is 2.84. The fourth-order valence-electron chi connectivity index (χ4n) is 0.867. The molecule has 0 fully saturated rings. The first kappa shape index (κ1) is 14.0. The van der Waals surface area contributed by atoms with Crippen molar-refractivity contribution in [3.8, 4) is 5.75 Å². The highest BCUT2D eigenvalue weighted by molar-refractivity contribution is 5.44. The van der Waals surface area contributed by atoms with Crippen LogP contribution < -0.4 is 16.0 Å². The number of benzene rings is 1. The van der Waals surface area contributed by atoms with Crippen molar-refractivity contribution in [1.29, 1.82) is 0 Å². The minimum atomic E-state index is -1.50. The van der Waals surface area contributed by atoms with Gasteiger partial charge in [-0.2, -0.15) is 0 Å². The third kappa shape index (κ3) is 7.39. The second kappa shape index (κ2) is 8.30. The molecule has 1 aromatic rings. The van der Waals surface area contributed by atoms with Crippen LogP contribution in [0.25, 0.3) is 0 Å². The van der Waals surface area contributed by atoms with Crippen LogP contribution in [0.15, 0.2) is 24.3 Å². The fourth-order valence-corrected chi connectivity index (χ4v) is 0.867. The molecule has 7 nitrogen and oxygen atoms in total. The SMILES string of the molecule is CCCOc1ccc(NN)cc1.O=[N+]([O-])O. The molecule has 0 saturated heterocycles. The Morgan fingerprint density at radius 2 is 2.00 bits per heavy atom. The minimum Gasteiger partial charge on any atom is -0.494 e. The number of hydrogen-bond acceptors (Lipinski definition) is 5. The highest BCUT2D eigenvalue weighted by Gasteiger charge is 1.91. The summed E-state index contributed by atoms with van der Waals surface area (Å²) in [7, 11) is 0. The highest BCUT2D eigenvalue weighted by Crippen LogP contribution is 2.14. The molecule has 0 aliphatic carbocycles. The Bertz CT molecular complexity index is 298. The van der Waals surface area contributed by atoms with Crippen LogP contribution in [0.2, 0.25) is 0 Å². The van der Waals surface area contributed by atoms with Gasteiger partial charge in [0, 0.05) is 5.69 Å². The van der Waals surface area contributed by atoms with Crippen LogP contribution in [0.5, 0.6) is 5.75 Å². The Kier molecular flexibility index (Phi) is 7.25. The molecule has 4 N–H and O–H groups in total. The lowest BCUT2D eigenvalue weighted by atomic mass is 10.3. The van der Waals surface area contributed by atoms with Gasteiger partial charge in [-0.15, -0.1) is 10.1 Å². The van der Waals surface area contributed by atoms with Gasteiger partial charge in [-0.1, -0.05) is 6.92 Å². The molecule has 0 unspecified atom stereocenters. The summed E-state index contributed by atoms with van der Waals surface area (Å²) in [6, 6.07) is 7.55. The maximum absolute atomic E-state index is 8.36. The number of hydrogen-bond donors (Lipinski definition) is 3. The number of nitrogens with zero attached hydrogens (tertiary/aromatic N) is 1. The van der Waals surface area contributed by atoms with Crippen molar-refractivity contribution >= 4 is 5.69 Å². The van der Waals surface area contributed by atoms with Crippen molar-refractivity contribution in [3.05, 3.63) is 34.4 Å². The summed E-state index contributed by atoms with van der Waals surface area (Å²) in [4.78, 5) is 8.36. The standard InChI is InChI=1S/C9H14N2O.HNO3/c1-2-7-12-9-5-3-8(11-10)4-6-9;2-1(3)4/h3-6,11H,2,7,10H2,1H3;(H,2,3,4). The lowest BCUT2D eigenvalue weighted by Gasteiger charge is -2.04. The van der Waals surface area contributed by atoms with Gasteiger partial charge in [-0.05, 0) is 30.7 Å². The molecule has 0 radical (unpaired) electrons. The van der Waals surface area contributed by atoms with Crippen LogP contribution in [-0.4, -0.2) is 16.9 Å². The molecule has 90 valence electrons. The molecule has 0 aliphatic rings. The van der Waals surface area contributed by atoms with E-state index in [2.05, 4.69) is 12.3 Å². The predicted octanol–water partition coefficient (Wildman–Crippen LogP) is 1.41. The summed E-state index contributed by atoms with van der Waals surface area (Å²) in [5.74, 6) is 6.09. The van der Waals surface area contributed by atoms with E-state index in [1.165, 1.54) is 0 Å². The second-order valence-electron chi connectivity index (χ2n) is 2.76. The van der Waals surface area contributed by atoms with Crippen LogP contribution >= 0.6 is 0 Å². The lowest BCUT2D eigenvalue weighted by molar-refractivity contribution is -0.742. The van der Waals surface area contributed by atoms with Crippen LogP contribution in [0.1, 0.15) is 13.3 Å². The van der Waals surface area contributed by atoms with E-state index >= 15 is 0 Å². The number of nitrogens with two attached hydrogens (primary N) is 1. The van der Waals surface area contributed by atoms with E-state index in [1.807, 2.05) is 24.3 Å². The molecule has 0 spiro atoms. The van der Waals surface area contributed by atoms with Crippen LogP contribution in [0.3, 0.4) is 0 Å².